The van der Waals surface area contributed by atoms with Crippen LogP contribution in [0, 0.1) is 5.82 Å². The zero-order valence-electron chi connectivity index (χ0n) is 15.0. The molecule has 2 unspecified atom stereocenters. The Morgan fingerprint density at radius 3 is 2.62 bits per heavy atom. The van der Waals surface area contributed by atoms with Crippen molar-refractivity contribution in [3.05, 3.63) is 52.0 Å². The summed E-state index contributed by atoms with van der Waals surface area (Å²) in [4.78, 5) is 15.0. The number of rotatable bonds is 5. The minimum absolute atomic E-state index is 0.0755. The summed E-state index contributed by atoms with van der Waals surface area (Å²) < 4.78 is 20.2. The van der Waals surface area contributed by atoms with Crippen LogP contribution in [-0.2, 0) is 17.8 Å². The molecule has 2 atom stereocenters. The van der Waals surface area contributed by atoms with Gasteiger partial charge in [0.15, 0.2) is 0 Å². The molecule has 1 saturated heterocycles. The van der Waals surface area contributed by atoms with Gasteiger partial charge in [-0.1, -0.05) is 12.1 Å². The minimum atomic E-state index is -0.274. The second-order valence-corrected chi connectivity index (χ2v) is 7.60. The molecule has 3 rings (SSSR count). The van der Waals surface area contributed by atoms with E-state index in [4.69, 9.17) is 4.74 Å². The number of morpholine rings is 1. The molecule has 1 aliphatic heterocycles. The molecule has 1 aromatic heterocycles. The van der Waals surface area contributed by atoms with Gasteiger partial charge < -0.3 is 20.3 Å². The van der Waals surface area contributed by atoms with Crippen molar-refractivity contribution < 1.29 is 13.9 Å². The first kappa shape index (κ1) is 18.7. The highest BCUT2D eigenvalue weighted by atomic mass is 32.1. The number of thiophene rings is 1. The van der Waals surface area contributed by atoms with Crippen LogP contribution in [0.1, 0.15) is 24.3 Å². The molecule has 2 N–H and O–H groups in total. The Morgan fingerprint density at radius 1 is 1.23 bits per heavy atom. The number of carbonyl (C=O) groups excluding carboxylic acids is 1. The molecular weight excluding hydrogens is 353 g/mol. The Hall–Kier alpha value is -2.12. The van der Waals surface area contributed by atoms with Gasteiger partial charge in [-0.3, -0.25) is 0 Å². The first-order valence-electron chi connectivity index (χ1n) is 8.74. The number of benzene rings is 1. The molecule has 2 aromatic rings. The van der Waals surface area contributed by atoms with E-state index in [2.05, 4.69) is 10.6 Å². The summed E-state index contributed by atoms with van der Waals surface area (Å²) >= 11 is 1.59. The van der Waals surface area contributed by atoms with Crippen LogP contribution in [0.2, 0.25) is 0 Å². The highest BCUT2D eigenvalue weighted by Crippen LogP contribution is 2.24. The van der Waals surface area contributed by atoms with E-state index in [9.17, 15) is 9.18 Å². The monoisotopic (exact) mass is 377 g/mol. The Bertz CT molecular complexity index is 728. The van der Waals surface area contributed by atoms with E-state index in [0.29, 0.717) is 25.3 Å². The van der Waals surface area contributed by atoms with Crippen molar-refractivity contribution in [2.75, 3.05) is 18.0 Å². The van der Waals surface area contributed by atoms with Crippen molar-refractivity contribution in [2.45, 2.75) is 39.1 Å². The van der Waals surface area contributed by atoms with Crippen LogP contribution in [0.25, 0.3) is 0 Å². The van der Waals surface area contributed by atoms with Crippen LogP contribution in [0.3, 0.4) is 0 Å². The molecule has 5 nitrogen and oxygen atoms in total. The average Bonchev–Trinajstić information content (AvgIpc) is 3.11. The summed E-state index contributed by atoms with van der Waals surface area (Å²) in [5, 5.41) is 7.51. The molecule has 0 spiro atoms. The first-order chi connectivity index (χ1) is 12.5. The van der Waals surface area contributed by atoms with Crippen LogP contribution in [0.15, 0.2) is 35.7 Å². The predicted molar refractivity (Wildman–Crippen MR) is 102 cm³/mol. The lowest BCUT2D eigenvalue weighted by atomic mass is 10.1. The Morgan fingerprint density at radius 2 is 1.96 bits per heavy atom. The molecule has 26 heavy (non-hydrogen) atoms. The summed E-state index contributed by atoms with van der Waals surface area (Å²) in [6.45, 7) is 6.10. The Balaban J connectivity index is 1.53. The van der Waals surface area contributed by atoms with E-state index in [1.165, 1.54) is 6.07 Å². The van der Waals surface area contributed by atoms with E-state index in [1.807, 2.05) is 42.3 Å². The normalized spacial score (nSPS) is 20.0. The third-order valence-electron chi connectivity index (χ3n) is 4.23. The van der Waals surface area contributed by atoms with Crippen molar-refractivity contribution in [3.63, 3.8) is 0 Å². The molecule has 1 aromatic carbocycles. The molecular formula is C19H24FN3O2S. The lowest BCUT2D eigenvalue weighted by Gasteiger charge is -2.37. The van der Waals surface area contributed by atoms with E-state index < -0.39 is 0 Å². The third-order valence-corrected chi connectivity index (χ3v) is 5.11. The fourth-order valence-electron chi connectivity index (χ4n) is 3.12. The van der Waals surface area contributed by atoms with E-state index in [0.717, 1.165) is 10.4 Å². The van der Waals surface area contributed by atoms with Gasteiger partial charge in [-0.05, 0) is 43.0 Å². The number of hydrogen-bond acceptors (Lipinski definition) is 4. The van der Waals surface area contributed by atoms with Gasteiger partial charge in [-0.15, -0.1) is 11.3 Å². The van der Waals surface area contributed by atoms with Crippen LogP contribution in [0.5, 0.6) is 0 Å². The zero-order chi connectivity index (χ0) is 18.5. The van der Waals surface area contributed by atoms with Gasteiger partial charge in [0.1, 0.15) is 5.82 Å². The zero-order valence-corrected chi connectivity index (χ0v) is 15.8. The topological polar surface area (TPSA) is 53.6 Å². The lowest BCUT2D eigenvalue weighted by Crippen LogP contribution is -2.45. The number of urea groups is 1. The number of anilines is 1. The maximum Gasteiger partial charge on any atom is 0.315 e. The highest BCUT2D eigenvalue weighted by Gasteiger charge is 2.24. The van der Waals surface area contributed by atoms with Crippen LogP contribution >= 0.6 is 11.3 Å². The molecule has 2 amide bonds. The van der Waals surface area contributed by atoms with Gasteiger partial charge in [0, 0.05) is 24.5 Å². The van der Waals surface area contributed by atoms with Gasteiger partial charge in [0.2, 0.25) is 0 Å². The molecule has 0 aliphatic carbocycles. The number of halogens is 1. The highest BCUT2D eigenvalue weighted by molar-refractivity contribution is 7.09. The summed E-state index contributed by atoms with van der Waals surface area (Å²) in [6, 6.07) is 8.76. The summed E-state index contributed by atoms with van der Waals surface area (Å²) in [5.74, 6) is -0.274. The quantitative estimate of drug-likeness (QED) is 0.839. The third kappa shape index (κ3) is 4.95. The van der Waals surface area contributed by atoms with Crippen molar-refractivity contribution in [2.24, 2.45) is 0 Å². The first-order valence-corrected chi connectivity index (χ1v) is 9.62. The molecule has 1 aliphatic rings. The van der Waals surface area contributed by atoms with Crippen LogP contribution in [0.4, 0.5) is 14.9 Å². The van der Waals surface area contributed by atoms with E-state index in [-0.39, 0.29) is 30.6 Å². The van der Waals surface area contributed by atoms with Gasteiger partial charge >= 0.3 is 6.03 Å². The van der Waals surface area contributed by atoms with Crippen molar-refractivity contribution in [3.8, 4) is 0 Å². The van der Waals surface area contributed by atoms with E-state index >= 15 is 0 Å². The van der Waals surface area contributed by atoms with Crippen molar-refractivity contribution in [1.82, 2.24) is 10.6 Å². The van der Waals surface area contributed by atoms with Crippen LogP contribution < -0.4 is 15.5 Å². The van der Waals surface area contributed by atoms with Gasteiger partial charge in [0.05, 0.1) is 24.4 Å². The molecule has 7 heteroatoms. The fraction of sp³-hybridized carbons (Fsp3) is 0.421. The predicted octanol–water partition coefficient (Wildman–Crippen LogP) is 3.50. The maximum atomic E-state index is 14.5. The molecule has 2 heterocycles. The number of nitrogens with one attached hydrogen (secondary N) is 2. The standard InChI is InChI=1S/C19H24FN3O2S/c1-13-11-23(12-14(2)25-13)18-6-5-15(8-17(18)20)9-21-19(24)22-10-16-4-3-7-26-16/h3-8,13-14H,9-12H2,1-2H3,(H2,21,22,24). The number of amides is 2. The summed E-state index contributed by atoms with van der Waals surface area (Å²) in [7, 11) is 0. The van der Waals surface area contributed by atoms with Gasteiger partial charge in [0.25, 0.3) is 0 Å². The Labute approximate surface area is 157 Å². The number of carbonyl (C=O) groups is 1. The van der Waals surface area contributed by atoms with E-state index in [1.54, 1.807) is 17.4 Å². The second-order valence-electron chi connectivity index (χ2n) is 6.56. The number of nitrogens with zero attached hydrogens (tertiary/aromatic N) is 1. The number of ether oxygens (including phenoxy) is 1. The molecule has 0 saturated carbocycles. The molecule has 140 valence electrons. The average molecular weight is 377 g/mol. The maximum absolute atomic E-state index is 14.5. The van der Waals surface area contributed by atoms with Crippen LogP contribution in [-0.4, -0.2) is 31.3 Å². The smallest absolute Gasteiger partial charge is 0.315 e. The minimum Gasteiger partial charge on any atom is -0.372 e. The summed E-state index contributed by atoms with van der Waals surface area (Å²) in [6.07, 6.45) is 0.151. The molecule has 1 fully saturated rings. The lowest BCUT2D eigenvalue weighted by molar-refractivity contribution is -0.00539. The largest absolute Gasteiger partial charge is 0.372 e. The Kier molecular flexibility index (Phi) is 6.11. The fourth-order valence-corrected chi connectivity index (χ4v) is 3.76. The molecule has 0 radical (unpaired) electrons. The molecule has 0 bridgehead atoms. The van der Waals surface area contributed by atoms with Crippen molar-refractivity contribution >= 4 is 23.1 Å². The second kappa shape index (κ2) is 8.51. The SMILES string of the molecule is CC1CN(c2ccc(CNC(=O)NCc3cccs3)cc2F)CC(C)O1. The van der Waals surface area contributed by atoms with Gasteiger partial charge in [-0.25, -0.2) is 9.18 Å². The van der Waals surface area contributed by atoms with Gasteiger partial charge in [-0.2, -0.15) is 0 Å². The number of hydrogen-bond donors (Lipinski definition) is 2. The van der Waals surface area contributed by atoms with Crippen molar-refractivity contribution in [1.29, 1.82) is 0 Å². The summed E-state index contributed by atoms with van der Waals surface area (Å²) in [5.41, 5.74) is 1.31.